The van der Waals surface area contributed by atoms with Gasteiger partial charge in [0.15, 0.2) is 0 Å². The number of nitrogens with zero attached hydrogens (tertiary/aromatic N) is 4. The fourth-order valence-corrected chi connectivity index (χ4v) is 2.54. The highest BCUT2D eigenvalue weighted by atomic mass is 16.5. The van der Waals surface area contributed by atoms with Gasteiger partial charge in [-0.15, -0.1) is 0 Å². The van der Waals surface area contributed by atoms with Gasteiger partial charge in [-0.25, -0.2) is 9.97 Å². The van der Waals surface area contributed by atoms with Crippen molar-refractivity contribution < 1.29 is 14.3 Å². The molecular weight excluding hydrogens is 308 g/mol. The summed E-state index contributed by atoms with van der Waals surface area (Å²) in [6.45, 7) is 3.74. The maximum absolute atomic E-state index is 12.6. The molecule has 0 spiro atoms. The second-order valence-electron chi connectivity index (χ2n) is 5.46. The van der Waals surface area contributed by atoms with E-state index in [9.17, 15) is 9.59 Å². The third-order valence-corrected chi connectivity index (χ3v) is 3.84. The van der Waals surface area contributed by atoms with Crippen molar-refractivity contribution in [3.05, 3.63) is 48.3 Å². The molecule has 0 unspecified atom stereocenters. The van der Waals surface area contributed by atoms with Crippen LogP contribution in [0.3, 0.4) is 0 Å². The highest BCUT2D eigenvalue weighted by molar-refractivity contribution is 5.94. The van der Waals surface area contributed by atoms with Gasteiger partial charge in [0.2, 0.25) is 5.91 Å². The molecule has 2 aromatic rings. The smallest absolute Gasteiger partial charge is 0.321 e. The predicted octanol–water partition coefficient (Wildman–Crippen LogP) is 1.57. The van der Waals surface area contributed by atoms with E-state index in [1.165, 1.54) is 0 Å². The number of benzene rings is 1. The van der Waals surface area contributed by atoms with Crippen LogP contribution in [0.4, 0.5) is 0 Å². The van der Waals surface area contributed by atoms with E-state index in [-0.39, 0.29) is 17.8 Å². The molecule has 2 amide bonds. The van der Waals surface area contributed by atoms with E-state index in [0.29, 0.717) is 37.5 Å². The zero-order chi connectivity index (χ0) is 16.9. The molecule has 2 heterocycles. The van der Waals surface area contributed by atoms with Crippen molar-refractivity contribution in [3.63, 3.8) is 0 Å². The van der Waals surface area contributed by atoms with Crippen LogP contribution in [-0.2, 0) is 4.79 Å². The molecule has 1 aliphatic rings. The second kappa shape index (κ2) is 7.08. The number of aromatic nitrogens is 2. The first-order valence-electron chi connectivity index (χ1n) is 7.73. The molecule has 0 N–H and O–H groups in total. The first-order chi connectivity index (χ1) is 11.6. The van der Waals surface area contributed by atoms with E-state index in [0.717, 1.165) is 0 Å². The van der Waals surface area contributed by atoms with Gasteiger partial charge in [-0.3, -0.25) is 9.59 Å². The average Bonchev–Trinajstić information content (AvgIpc) is 2.62. The molecule has 7 nitrogen and oxygen atoms in total. The summed E-state index contributed by atoms with van der Waals surface area (Å²) in [5, 5.41) is 0. The molecule has 1 aromatic heterocycles. The summed E-state index contributed by atoms with van der Waals surface area (Å²) in [7, 11) is 0. The highest BCUT2D eigenvalue weighted by Crippen LogP contribution is 2.20. The van der Waals surface area contributed by atoms with Gasteiger partial charge in [-0.05, 0) is 24.3 Å². The minimum Gasteiger partial charge on any atom is -0.424 e. The third kappa shape index (κ3) is 3.68. The minimum atomic E-state index is -0.0716. The summed E-state index contributed by atoms with van der Waals surface area (Å²) in [5.41, 5.74) is 0.541. The van der Waals surface area contributed by atoms with Crippen molar-refractivity contribution in [1.29, 1.82) is 0 Å². The number of hydrogen-bond acceptors (Lipinski definition) is 5. The van der Waals surface area contributed by atoms with E-state index in [2.05, 4.69) is 9.97 Å². The number of rotatable bonds is 3. The SMILES string of the molecule is CC(=O)N1CCN(C(=O)c2cccc(Oc3ncccn3)c2)CC1. The van der Waals surface area contributed by atoms with Crippen molar-refractivity contribution in [1.82, 2.24) is 19.8 Å². The quantitative estimate of drug-likeness (QED) is 0.856. The lowest BCUT2D eigenvalue weighted by Crippen LogP contribution is -2.50. The van der Waals surface area contributed by atoms with Crippen molar-refractivity contribution in [3.8, 4) is 11.8 Å². The Hall–Kier alpha value is -2.96. The van der Waals surface area contributed by atoms with Gasteiger partial charge in [-0.1, -0.05) is 6.07 Å². The molecule has 3 rings (SSSR count). The van der Waals surface area contributed by atoms with Crippen LogP contribution in [0.2, 0.25) is 0 Å². The first-order valence-corrected chi connectivity index (χ1v) is 7.73. The van der Waals surface area contributed by atoms with Gasteiger partial charge in [0.1, 0.15) is 5.75 Å². The lowest BCUT2D eigenvalue weighted by molar-refractivity contribution is -0.130. The lowest BCUT2D eigenvalue weighted by Gasteiger charge is -2.34. The molecular formula is C17H18N4O3. The molecule has 1 aromatic carbocycles. The Morgan fingerprint density at radius 2 is 1.67 bits per heavy atom. The Labute approximate surface area is 139 Å². The maximum Gasteiger partial charge on any atom is 0.321 e. The monoisotopic (exact) mass is 326 g/mol. The van der Waals surface area contributed by atoms with Gasteiger partial charge >= 0.3 is 6.01 Å². The van der Waals surface area contributed by atoms with Gasteiger partial charge < -0.3 is 14.5 Å². The summed E-state index contributed by atoms with van der Waals surface area (Å²) in [4.78, 5) is 35.5. The minimum absolute atomic E-state index is 0.0420. The van der Waals surface area contributed by atoms with E-state index < -0.39 is 0 Å². The number of carbonyl (C=O) groups excluding carboxylic acids is 2. The highest BCUT2D eigenvalue weighted by Gasteiger charge is 2.23. The normalized spacial score (nSPS) is 14.4. The van der Waals surface area contributed by atoms with Crippen molar-refractivity contribution in [2.24, 2.45) is 0 Å². The van der Waals surface area contributed by atoms with Crippen LogP contribution >= 0.6 is 0 Å². The van der Waals surface area contributed by atoms with Gasteiger partial charge in [0.25, 0.3) is 5.91 Å². The predicted molar refractivity (Wildman–Crippen MR) is 86.7 cm³/mol. The molecule has 1 saturated heterocycles. The largest absolute Gasteiger partial charge is 0.424 e. The standard InChI is InChI=1S/C17H18N4O3/c1-13(22)20-8-10-21(11-9-20)16(23)14-4-2-5-15(12-14)24-17-18-6-3-7-19-17/h2-7,12H,8-11H2,1H3. The van der Waals surface area contributed by atoms with Crippen LogP contribution in [0.5, 0.6) is 11.8 Å². The van der Waals surface area contributed by atoms with Crippen LogP contribution in [-0.4, -0.2) is 57.8 Å². The zero-order valence-corrected chi connectivity index (χ0v) is 13.4. The van der Waals surface area contributed by atoms with Gasteiger partial charge in [0.05, 0.1) is 0 Å². The number of piperazine rings is 1. The molecule has 0 saturated carbocycles. The molecule has 1 aliphatic heterocycles. The summed E-state index contributed by atoms with van der Waals surface area (Å²) < 4.78 is 5.56. The molecule has 0 bridgehead atoms. The Kier molecular flexibility index (Phi) is 4.69. The zero-order valence-electron chi connectivity index (χ0n) is 13.4. The van der Waals surface area contributed by atoms with Crippen molar-refractivity contribution in [2.75, 3.05) is 26.2 Å². The molecule has 0 radical (unpaired) electrons. The van der Waals surface area contributed by atoms with Crippen LogP contribution in [0.1, 0.15) is 17.3 Å². The van der Waals surface area contributed by atoms with E-state index in [1.54, 1.807) is 59.4 Å². The second-order valence-corrected chi connectivity index (χ2v) is 5.46. The van der Waals surface area contributed by atoms with E-state index >= 15 is 0 Å². The van der Waals surface area contributed by atoms with Gasteiger partial charge in [0, 0.05) is 51.1 Å². The van der Waals surface area contributed by atoms with Gasteiger partial charge in [-0.2, -0.15) is 0 Å². The molecule has 7 heteroatoms. The maximum atomic E-state index is 12.6. The van der Waals surface area contributed by atoms with E-state index in [4.69, 9.17) is 4.74 Å². The first kappa shape index (κ1) is 15.9. The molecule has 0 atom stereocenters. The lowest BCUT2D eigenvalue weighted by atomic mass is 10.1. The van der Waals surface area contributed by atoms with Crippen LogP contribution < -0.4 is 4.74 Å². The topological polar surface area (TPSA) is 75.6 Å². The summed E-state index contributed by atoms with van der Waals surface area (Å²) >= 11 is 0. The fraction of sp³-hybridized carbons (Fsp3) is 0.294. The average molecular weight is 326 g/mol. The van der Waals surface area contributed by atoms with Crippen LogP contribution in [0.25, 0.3) is 0 Å². The molecule has 124 valence electrons. The number of carbonyl (C=O) groups is 2. The summed E-state index contributed by atoms with van der Waals surface area (Å²) in [6.07, 6.45) is 3.18. The third-order valence-electron chi connectivity index (χ3n) is 3.84. The Morgan fingerprint density at radius 3 is 2.33 bits per heavy atom. The molecule has 0 aliphatic carbocycles. The Morgan fingerprint density at radius 1 is 1.00 bits per heavy atom. The molecule has 24 heavy (non-hydrogen) atoms. The number of hydrogen-bond donors (Lipinski definition) is 0. The van der Waals surface area contributed by atoms with E-state index in [1.807, 2.05) is 0 Å². The van der Waals surface area contributed by atoms with Crippen molar-refractivity contribution >= 4 is 11.8 Å². The van der Waals surface area contributed by atoms with Crippen LogP contribution in [0.15, 0.2) is 42.7 Å². The van der Waals surface area contributed by atoms with Crippen molar-refractivity contribution in [2.45, 2.75) is 6.92 Å². The summed E-state index contributed by atoms with van der Waals surface area (Å²) in [5.74, 6) is 0.479. The Balaban J connectivity index is 1.67. The fourth-order valence-electron chi connectivity index (χ4n) is 2.54. The summed E-state index contributed by atoms with van der Waals surface area (Å²) in [6, 6.07) is 8.87. The molecule has 1 fully saturated rings. The number of amides is 2. The van der Waals surface area contributed by atoms with Crippen LogP contribution in [0, 0.1) is 0 Å². The Bertz CT molecular complexity index is 728. The number of ether oxygens (including phenoxy) is 1.